The molecule has 0 spiro atoms. The number of esters is 1. The van der Waals surface area contributed by atoms with Crippen molar-refractivity contribution in [2.75, 3.05) is 25.6 Å². The van der Waals surface area contributed by atoms with Gasteiger partial charge >= 0.3 is 5.97 Å². The van der Waals surface area contributed by atoms with Gasteiger partial charge in [-0.15, -0.1) is 0 Å². The van der Waals surface area contributed by atoms with Crippen LogP contribution in [0, 0.1) is 0 Å². The zero-order valence-corrected chi connectivity index (χ0v) is 9.86. The third-order valence-electron chi connectivity index (χ3n) is 2.13. The highest BCUT2D eigenvalue weighted by Crippen LogP contribution is 2.24. The van der Waals surface area contributed by atoms with E-state index in [4.69, 9.17) is 4.74 Å². The van der Waals surface area contributed by atoms with Gasteiger partial charge in [-0.1, -0.05) is 6.58 Å². The van der Waals surface area contributed by atoms with Gasteiger partial charge in [0.25, 0.3) is 0 Å². The van der Waals surface area contributed by atoms with E-state index in [0.29, 0.717) is 12.2 Å². The molecule has 0 fully saturated rings. The lowest BCUT2D eigenvalue weighted by molar-refractivity contribution is -0.136. The van der Waals surface area contributed by atoms with E-state index in [1.54, 1.807) is 25.4 Å². The number of hydrogen-bond donors (Lipinski definition) is 0. The standard InChI is InChI=1S/C12H16N2O2/c1-5-16-12(15)9(2)10-6-7-13-8-11(10)14(3)4/h6-8H,2,5H2,1,3-4H3. The molecule has 4 heteroatoms. The van der Waals surface area contributed by atoms with Crippen molar-refractivity contribution < 1.29 is 9.53 Å². The molecule has 0 aromatic carbocycles. The Bertz CT molecular complexity index is 400. The zero-order valence-electron chi connectivity index (χ0n) is 9.86. The van der Waals surface area contributed by atoms with Crippen molar-refractivity contribution in [2.45, 2.75) is 6.92 Å². The number of ether oxygens (including phenoxy) is 1. The topological polar surface area (TPSA) is 42.4 Å². The first kappa shape index (κ1) is 12.2. The second kappa shape index (κ2) is 5.30. The third-order valence-corrected chi connectivity index (χ3v) is 2.13. The van der Waals surface area contributed by atoms with Crippen molar-refractivity contribution in [1.29, 1.82) is 0 Å². The van der Waals surface area contributed by atoms with E-state index >= 15 is 0 Å². The molecule has 0 aliphatic heterocycles. The number of anilines is 1. The van der Waals surface area contributed by atoms with Crippen molar-refractivity contribution in [3.63, 3.8) is 0 Å². The Hall–Kier alpha value is -1.84. The molecule has 0 saturated heterocycles. The van der Waals surface area contributed by atoms with Crippen molar-refractivity contribution in [1.82, 2.24) is 4.98 Å². The molecule has 0 aliphatic carbocycles. The highest BCUT2D eigenvalue weighted by molar-refractivity contribution is 6.17. The van der Waals surface area contributed by atoms with E-state index < -0.39 is 5.97 Å². The van der Waals surface area contributed by atoms with Crippen LogP contribution >= 0.6 is 0 Å². The summed E-state index contributed by atoms with van der Waals surface area (Å²) in [6.07, 6.45) is 3.33. The Morgan fingerprint density at radius 2 is 2.25 bits per heavy atom. The minimum absolute atomic E-state index is 0.347. The van der Waals surface area contributed by atoms with Gasteiger partial charge in [0.2, 0.25) is 0 Å². The molecule has 1 rings (SSSR count). The fraction of sp³-hybridized carbons (Fsp3) is 0.333. The normalized spacial score (nSPS) is 9.69. The molecule has 0 unspecified atom stereocenters. The minimum atomic E-state index is -0.392. The van der Waals surface area contributed by atoms with Crippen LogP contribution in [-0.2, 0) is 9.53 Å². The maximum Gasteiger partial charge on any atom is 0.338 e. The summed E-state index contributed by atoms with van der Waals surface area (Å²) in [5.74, 6) is -0.392. The monoisotopic (exact) mass is 220 g/mol. The maximum absolute atomic E-state index is 11.6. The Labute approximate surface area is 95.6 Å². The van der Waals surface area contributed by atoms with Gasteiger partial charge in [0.1, 0.15) is 0 Å². The summed E-state index contributed by atoms with van der Waals surface area (Å²) in [4.78, 5) is 17.5. The number of rotatable bonds is 4. The number of hydrogen-bond acceptors (Lipinski definition) is 4. The highest BCUT2D eigenvalue weighted by atomic mass is 16.5. The van der Waals surface area contributed by atoms with Crippen molar-refractivity contribution in [3.05, 3.63) is 30.6 Å². The first-order valence-electron chi connectivity index (χ1n) is 5.05. The van der Waals surface area contributed by atoms with Crippen LogP contribution in [0.25, 0.3) is 5.57 Å². The Morgan fingerprint density at radius 3 is 2.81 bits per heavy atom. The van der Waals surface area contributed by atoms with Crippen LogP contribution in [0.2, 0.25) is 0 Å². The molecular formula is C12H16N2O2. The summed E-state index contributed by atoms with van der Waals surface area (Å²) in [5, 5.41) is 0. The molecule has 4 nitrogen and oxygen atoms in total. The van der Waals surface area contributed by atoms with Gasteiger partial charge in [-0.2, -0.15) is 0 Å². The van der Waals surface area contributed by atoms with Crippen molar-refractivity contribution in [2.24, 2.45) is 0 Å². The van der Waals surface area contributed by atoms with Gasteiger partial charge in [-0.05, 0) is 13.0 Å². The summed E-state index contributed by atoms with van der Waals surface area (Å²) in [6, 6.07) is 1.76. The molecule has 1 aromatic heterocycles. The van der Waals surface area contributed by atoms with Gasteiger partial charge in [-0.25, -0.2) is 4.79 Å². The van der Waals surface area contributed by atoms with Gasteiger partial charge in [0.05, 0.1) is 24.1 Å². The van der Waals surface area contributed by atoms with Crippen LogP contribution in [0.15, 0.2) is 25.0 Å². The summed E-state index contributed by atoms with van der Waals surface area (Å²) in [5.41, 5.74) is 1.95. The van der Waals surface area contributed by atoms with E-state index in [0.717, 1.165) is 11.3 Å². The lowest BCUT2D eigenvalue weighted by atomic mass is 10.1. The van der Waals surface area contributed by atoms with Crippen LogP contribution in [0.3, 0.4) is 0 Å². The fourth-order valence-electron chi connectivity index (χ4n) is 1.33. The van der Waals surface area contributed by atoms with Gasteiger partial charge in [0, 0.05) is 25.9 Å². The quantitative estimate of drug-likeness (QED) is 0.572. The maximum atomic E-state index is 11.6. The molecule has 1 aromatic rings. The van der Waals surface area contributed by atoms with Crippen LogP contribution in [-0.4, -0.2) is 31.7 Å². The number of aromatic nitrogens is 1. The Balaban J connectivity index is 3.03. The van der Waals surface area contributed by atoms with Crippen molar-refractivity contribution >= 4 is 17.2 Å². The second-order valence-electron chi connectivity index (χ2n) is 3.49. The fourth-order valence-corrected chi connectivity index (χ4v) is 1.33. The molecule has 0 N–H and O–H groups in total. The predicted molar refractivity (Wildman–Crippen MR) is 64.2 cm³/mol. The van der Waals surface area contributed by atoms with Gasteiger partial charge < -0.3 is 9.64 Å². The highest BCUT2D eigenvalue weighted by Gasteiger charge is 2.15. The van der Waals surface area contributed by atoms with Crippen LogP contribution in [0.1, 0.15) is 12.5 Å². The number of carbonyl (C=O) groups excluding carboxylic acids is 1. The predicted octanol–water partition coefficient (Wildman–Crippen LogP) is 1.72. The second-order valence-corrected chi connectivity index (χ2v) is 3.49. The van der Waals surface area contributed by atoms with Crippen LogP contribution in [0.4, 0.5) is 5.69 Å². The van der Waals surface area contributed by atoms with E-state index in [9.17, 15) is 4.79 Å². The first-order chi connectivity index (χ1) is 7.57. The molecule has 0 amide bonds. The molecule has 0 aliphatic rings. The van der Waals surface area contributed by atoms with Gasteiger partial charge in [0.15, 0.2) is 0 Å². The van der Waals surface area contributed by atoms with E-state index in [-0.39, 0.29) is 0 Å². The SMILES string of the molecule is C=C(C(=O)OCC)c1ccncc1N(C)C. The third kappa shape index (κ3) is 2.59. The number of pyridine rings is 1. The molecule has 0 radical (unpaired) electrons. The molecule has 16 heavy (non-hydrogen) atoms. The summed E-state index contributed by atoms with van der Waals surface area (Å²) in [7, 11) is 3.78. The van der Waals surface area contributed by atoms with E-state index in [2.05, 4.69) is 11.6 Å². The Morgan fingerprint density at radius 1 is 1.56 bits per heavy atom. The largest absolute Gasteiger partial charge is 0.462 e. The lowest BCUT2D eigenvalue weighted by Gasteiger charge is -2.17. The number of carbonyl (C=O) groups is 1. The van der Waals surface area contributed by atoms with Gasteiger partial charge in [-0.3, -0.25) is 4.98 Å². The van der Waals surface area contributed by atoms with E-state index in [1.807, 2.05) is 19.0 Å². The average molecular weight is 220 g/mol. The van der Waals surface area contributed by atoms with Crippen LogP contribution < -0.4 is 4.90 Å². The van der Waals surface area contributed by atoms with Crippen molar-refractivity contribution in [3.8, 4) is 0 Å². The average Bonchev–Trinajstić information content (AvgIpc) is 2.28. The molecule has 1 heterocycles. The summed E-state index contributed by atoms with van der Waals surface area (Å²) >= 11 is 0. The smallest absolute Gasteiger partial charge is 0.338 e. The van der Waals surface area contributed by atoms with E-state index in [1.165, 1.54) is 0 Å². The number of nitrogens with zero attached hydrogens (tertiary/aromatic N) is 2. The molecule has 0 bridgehead atoms. The van der Waals surface area contributed by atoms with Crippen LogP contribution in [0.5, 0.6) is 0 Å². The zero-order chi connectivity index (χ0) is 12.1. The minimum Gasteiger partial charge on any atom is -0.462 e. The molecular weight excluding hydrogens is 204 g/mol. The summed E-state index contributed by atoms with van der Waals surface area (Å²) in [6.45, 7) is 5.87. The Kier molecular flexibility index (Phi) is 4.05. The molecule has 0 saturated carbocycles. The lowest BCUT2D eigenvalue weighted by Crippen LogP contribution is -2.14. The molecule has 0 atom stereocenters. The first-order valence-corrected chi connectivity index (χ1v) is 5.05. The summed E-state index contributed by atoms with van der Waals surface area (Å²) < 4.78 is 4.92. The molecule has 86 valence electrons.